The molecule has 2 aromatic carbocycles. The Hall–Kier alpha value is -2.87. The summed E-state index contributed by atoms with van der Waals surface area (Å²) >= 11 is 5.26. The number of nitro benzene ring substituents is 1. The van der Waals surface area contributed by atoms with Gasteiger partial charge in [0.25, 0.3) is 5.69 Å². The van der Waals surface area contributed by atoms with Crippen LogP contribution in [0.2, 0.25) is 0 Å². The van der Waals surface area contributed by atoms with Crippen molar-refractivity contribution in [3.05, 3.63) is 58.1 Å². The fraction of sp³-hybridized carbons (Fsp3) is 0.316. The highest BCUT2D eigenvalue weighted by Crippen LogP contribution is 2.28. The van der Waals surface area contributed by atoms with Crippen molar-refractivity contribution in [2.24, 2.45) is 0 Å². The standard InChI is InChI=1S/C19H23N3O4S/c1-3-25-17-10-5-14(13-18(17)26-4-2)11-12-20-19(27)21-15-6-8-16(9-7-15)22(23)24/h5-10,13H,3-4,11-12H2,1-2H3,(H2,20,21,27). The number of hydrogen-bond acceptors (Lipinski definition) is 5. The summed E-state index contributed by atoms with van der Waals surface area (Å²) < 4.78 is 11.2. The van der Waals surface area contributed by atoms with E-state index in [0.29, 0.717) is 30.6 Å². The average Bonchev–Trinajstić information content (AvgIpc) is 2.64. The van der Waals surface area contributed by atoms with E-state index in [2.05, 4.69) is 10.6 Å². The smallest absolute Gasteiger partial charge is 0.269 e. The molecule has 8 heteroatoms. The minimum atomic E-state index is -0.437. The lowest BCUT2D eigenvalue weighted by Gasteiger charge is -2.13. The number of nitrogens with zero attached hydrogens (tertiary/aromatic N) is 1. The van der Waals surface area contributed by atoms with Gasteiger partial charge >= 0.3 is 0 Å². The Morgan fingerprint density at radius 2 is 1.74 bits per heavy atom. The van der Waals surface area contributed by atoms with Crippen LogP contribution in [0, 0.1) is 10.1 Å². The van der Waals surface area contributed by atoms with Crippen LogP contribution in [0.1, 0.15) is 19.4 Å². The first kappa shape index (κ1) is 20.4. The summed E-state index contributed by atoms with van der Waals surface area (Å²) in [6.07, 6.45) is 0.758. The first-order chi connectivity index (χ1) is 13.0. The molecule has 0 aliphatic carbocycles. The highest BCUT2D eigenvalue weighted by atomic mass is 32.1. The van der Waals surface area contributed by atoms with Crippen molar-refractivity contribution in [3.8, 4) is 11.5 Å². The molecule has 0 radical (unpaired) electrons. The number of hydrogen-bond donors (Lipinski definition) is 2. The lowest BCUT2D eigenvalue weighted by molar-refractivity contribution is -0.384. The van der Waals surface area contributed by atoms with Crippen molar-refractivity contribution in [1.82, 2.24) is 5.32 Å². The number of non-ortho nitro benzene ring substituents is 1. The molecule has 2 N–H and O–H groups in total. The Balaban J connectivity index is 1.85. The Morgan fingerprint density at radius 1 is 1.07 bits per heavy atom. The molecule has 144 valence electrons. The lowest BCUT2D eigenvalue weighted by atomic mass is 10.1. The third kappa shape index (κ3) is 6.41. The van der Waals surface area contributed by atoms with Gasteiger partial charge in [0.05, 0.1) is 18.1 Å². The molecule has 0 spiro atoms. The molecule has 0 unspecified atom stereocenters. The molecule has 0 aliphatic heterocycles. The minimum absolute atomic E-state index is 0.0417. The Bertz CT molecular complexity index is 781. The average molecular weight is 389 g/mol. The van der Waals surface area contributed by atoms with Gasteiger partial charge in [-0.15, -0.1) is 0 Å². The molecule has 0 amide bonds. The summed E-state index contributed by atoms with van der Waals surface area (Å²) in [5.74, 6) is 1.48. The minimum Gasteiger partial charge on any atom is -0.490 e. The number of rotatable bonds is 9. The number of nitrogens with one attached hydrogen (secondary N) is 2. The maximum Gasteiger partial charge on any atom is 0.269 e. The zero-order chi connectivity index (χ0) is 19.6. The van der Waals surface area contributed by atoms with E-state index in [-0.39, 0.29) is 5.69 Å². The second-order valence-corrected chi connectivity index (χ2v) is 5.99. The maximum atomic E-state index is 10.7. The number of benzene rings is 2. The van der Waals surface area contributed by atoms with E-state index in [1.807, 2.05) is 32.0 Å². The number of ether oxygens (including phenoxy) is 2. The van der Waals surface area contributed by atoms with Gasteiger partial charge in [-0.25, -0.2) is 0 Å². The summed E-state index contributed by atoms with van der Waals surface area (Å²) in [5.41, 5.74) is 1.84. The summed E-state index contributed by atoms with van der Waals surface area (Å²) in [4.78, 5) is 10.2. The number of thiocarbonyl (C=S) groups is 1. The van der Waals surface area contributed by atoms with Gasteiger partial charge in [-0.2, -0.15) is 0 Å². The van der Waals surface area contributed by atoms with Gasteiger partial charge in [0.1, 0.15) is 0 Å². The van der Waals surface area contributed by atoms with E-state index in [9.17, 15) is 10.1 Å². The Morgan fingerprint density at radius 3 is 2.37 bits per heavy atom. The largest absolute Gasteiger partial charge is 0.490 e. The first-order valence-electron chi connectivity index (χ1n) is 8.71. The molecule has 2 aromatic rings. The van der Waals surface area contributed by atoms with Crippen molar-refractivity contribution >= 4 is 28.7 Å². The zero-order valence-corrected chi connectivity index (χ0v) is 16.2. The normalized spacial score (nSPS) is 10.1. The highest BCUT2D eigenvalue weighted by Gasteiger charge is 2.07. The van der Waals surface area contributed by atoms with Gasteiger partial charge in [-0.1, -0.05) is 6.07 Å². The molecule has 0 bridgehead atoms. The van der Waals surface area contributed by atoms with Crippen LogP contribution in [0.5, 0.6) is 11.5 Å². The van der Waals surface area contributed by atoms with Crippen molar-refractivity contribution in [2.75, 3.05) is 25.1 Å². The molecule has 0 saturated carbocycles. The fourth-order valence-electron chi connectivity index (χ4n) is 2.41. The van der Waals surface area contributed by atoms with Crippen molar-refractivity contribution < 1.29 is 14.4 Å². The van der Waals surface area contributed by atoms with E-state index in [1.54, 1.807) is 12.1 Å². The van der Waals surface area contributed by atoms with Crippen LogP contribution in [0.4, 0.5) is 11.4 Å². The summed E-state index contributed by atoms with van der Waals surface area (Å²) in [7, 11) is 0. The highest BCUT2D eigenvalue weighted by molar-refractivity contribution is 7.80. The second kappa shape index (κ2) is 10.3. The second-order valence-electron chi connectivity index (χ2n) is 5.58. The molecular weight excluding hydrogens is 366 g/mol. The van der Waals surface area contributed by atoms with Crippen LogP contribution in [0.25, 0.3) is 0 Å². The third-order valence-electron chi connectivity index (χ3n) is 3.64. The van der Waals surface area contributed by atoms with Gasteiger partial charge in [-0.3, -0.25) is 10.1 Å². The fourth-order valence-corrected chi connectivity index (χ4v) is 2.63. The van der Waals surface area contributed by atoms with Gasteiger partial charge in [0.15, 0.2) is 16.6 Å². The quantitative estimate of drug-likeness (QED) is 0.382. The van der Waals surface area contributed by atoms with E-state index in [1.165, 1.54) is 12.1 Å². The Kier molecular flexibility index (Phi) is 7.81. The summed E-state index contributed by atoms with van der Waals surface area (Å²) in [5, 5.41) is 17.2. The molecule has 0 aliphatic rings. The number of anilines is 1. The molecular formula is C19H23N3O4S. The zero-order valence-electron chi connectivity index (χ0n) is 15.4. The predicted octanol–water partition coefficient (Wildman–Crippen LogP) is 3.92. The summed E-state index contributed by atoms with van der Waals surface area (Å²) in [6, 6.07) is 12.0. The molecule has 0 heterocycles. The monoisotopic (exact) mass is 389 g/mol. The predicted molar refractivity (Wildman–Crippen MR) is 110 cm³/mol. The van der Waals surface area contributed by atoms with E-state index >= 15 is 0 Å². The topological polar surface area (TPSA) is 85.7 Å². The molecule has 0 fully saturated rings. The molecule has 7 nitrogen and oxygen atoms in total. The molecule has 27 heavy (non-hydrogen) atoms. The molecule has 2 rings (SSSR count). The molecule has 0 saturated heterocycles. The summed E-state index contributed by atoms with van der Waals surface area (Å²) in [6.45, 7) is 5.67. The van der Waals surface area contributed by atoms with Gasteiger partial charge in [0.2, 0.25) is 0 Å². The van der Waals surface area contributed by atoms with E-state index in [0.717, 1.165) is 23.5 Å². The molecule has 0 atom stereocenters. The Labute approximate surface area is 163 Å². The van der Waals surface area contributed by atoms with Crippen molar-refractivity contribution in [2.45, 2.75) is 20.3 Å². The van der Waals surface area contributed by atoms with Crippen LogP contribution in [-0.2, 0) is 6.42 Å². The van der Waals surface area contributed by atoms with E-state index in [4.69, 9.17) is 21.7 Å². The first-order valence-corrected chi connectivity index (χ1v) is 9.12. The van der Waals surface area contributed by atoms with Crippen LogP contribution in [0.15, 0.2) is 42.5 Å². The van der Waals surface area contributed by atoms with Crippen LogP contribution < -0.4 is 20.1 Å². The van der Waals surface area contributed by atoms with Gasteiger partial charge in [-0.05, 0) is 62.3 Å². The van der Waals surface area contributed by atoms with E-state index < -0.39 is 4.92 Å². The van der Waals surface area contributed by atoms with Crippen LogP contribution in [0.3, 0.4) is 0 Å². The molecule has 0 aromatic heterocycles. The SMILES string of the molecule is CCOc1ccc(CCNC(=S)Nc2ccc([N+](=O)[O-])cc2)cc1OCC. The van der Waals surface area contributed by atoms with Crippen LogP contribution >= 0.6 is 12.2 Å². The van der Waals surface area contributed by atoms with Crippen molar-refractivity contribution in [3.63, 3.8) is 0 Å². The van der Waals surface area contributed by atoms with Gasteiger partial charge in [0, 0.05) is 24.4 Å². The maximum absolute atomic E-state index is 10.7. The number of nitro groups is 1. The van der Waals surface area contributed by atoms with Crippen LogP contribution in [-0.4, -0.2) is 29.8 Å². The van der Waals surface area contributed by atoms with Gasteiger partial charge < -0.3 is 20.1 Å². The lowest BCUT2D eigenvalue weighted by Crippen LogP contribution is -2.30. The third-order valence-corrected chi connectivity index (χ3v) is 3.89. The van der Waals surface area contributed by atoms with Crippen molar-refractivity contribution in [1.29, 1.82) is 0 Å².